The first-order valence-electron chi connectivity index (χ1n) is 10.3. The number of pyridine rings is 1. The summed E-state index contributed by atoms with van der Waals surface area (Å²) in [7, 11) is 0. The highest BCUT2D eigenvalue weighted by atomic mass is 35.5. The molecule has 1 saturated heterocycles. The van der Waals surface area contributed by atoms with Gasteiger partial charge in [0.2, 0.25) is 5.91 Å². The lowest BCUT2D eigenvalue weighted by Crippen LogP contribution is -2.37. The summed E-state index contributed by atoms with van der Waals surface area (Å²) < 4.78 is 13.3. The summed E-state index contributed by atoms with van der Waals surface area (Å²) in [4.78, 5) is 32.5. The number of carbonyl (C=O) groups excluding carboxylic acids is 2. The monoisotopic (exact) mass is 453 g/mol. The van der Waals surface area contributed by atoms with Gasteiger partial charge in [-0.25, -0.2) is 4.39 Å². The SMILES string of the molecule is Cl.O=C(NCc1cccnc1)[C@@H]1CN(Cc2ccccc2)C[C@H]1C(=O)c1ccc(F)cc1. The van der Waals surface area contributed by atoms with Crippen LogP contribution in [0.2, 0.25) is 0 Å². The topological polar surface area (TPSA) is 62.3 Å². The van der Waals surface area contributed by atoms with Crippen LogP contribution in [0.4, 0.5) is 4.39 Å². The Labute approximate surface area is 193 Å². The first kappa shape index (κ1) is 23.6. The molecule has 5 nitrogen and oxygen atoms in total. The van der Waals surface area contributed by atoms with Crippen LogP contribution in [0.3, 0.4) is 0 Å². The maximum atomic E-state index is 13.3. The van der Waals surface area contributed by atoms with Crippen LogP contribution in [-0.2, 0) is 17.9 Å². The molecule has 1 aliphatic rings. The third-order valence-corrected chi connectivity index (χ3v) is 5.64. The largest absolute Gasteiger partial charge is 0.352 e. The Kier molecular flexibility index (Phi) is 8.09. The molecule has 0 radical (unpaired) electrons. The zero-order chi connectivity index (χ0) is 21.6. The molecule has 0 saturated carbocycles. The smallest absolute Gasteiger partial charge is 0.225 e. The van der Waals surface area contributed by atoms with Crippen molar-refractivity contribution in [2.45, 2.75) is 13.1 Å². The average Bonchev–Trinajstić information content (AvgIpc) is 3.22. The summed E-state index contributed by atoms with van der Waals surface area (Å²) in [6.45, 7) is 2.00. The minimum atomic E-state index is -0.483. The Bertz CT molecular complexity index is 1030. The van der Waals surface area contributed by atoms with Gasteiger partial charge >= 0.3 is 0 Å². The second-order valence-corrected chi connectivity index (χ2v) is 7.84. The fourth-order valence-electron chi connectivity index (χ4n) is 4.04. The number of Topliss-reactive ketones (excluding diaryl/α,β-unsaturated/α-hetero) is 1. The van der Waals surface area contributed by atoms with Gasteiger partial charge in [0, 0.05) is 50.1 Å². The van der Waals surface area contributed by atoms with E-state index in [0.29, 0.717) is 31.7 Å². The number of hydrogen-bond donors (Lipinski definition) is 1. The molecule has 0 unspecified atom stereocenters. The summed E-state index contributed by atoms with van der Waals surface area (Å²) in [5.74, 6) is -1.63. The van der Waals surface area contributed by atoms with Crippen molar-refractivity contribution in [1.29, 1.82) is 0 Å². The number of likely N-dealkylation sites (tertiary alicyclic amines) is 1. The highest BCUT2D eigenvalue weighted by Crippen LogP contribution is 2.29. The molecule has 2 aromatic carbocycles. The van der Waals surface area contributed by atoms with Gasteiger partial charge in [-0.2, -0.15) is 0 Å². The number of amides is 1. The molecular formula is C25H25ClFN3O2. The second kappa shape index (κ2) is 11.0. The molecule has 166 valence electrons. The summed E-state index contributed by atoms with van der Waals surface area (Å²) in [6.07, 6.45) is 3.39. The van der Waals surface area contributed by atoms with E-state index in [1.807, 2.05) is 42.5 Å². The maximum Gasteiger partial charge on any atom is 0.225 e. The molecule has 3 aromatic rings. The van der Waals surface area contributed by atoms with Crippen LogP contribution in [-0.4, -0.2) is 34.7 Å². The Hall–Kier alpha value is -3.09. The molecule has 0 bridgehead atoms. The molecule has 1 aliphatic heterocycles. The second-order valence-electron chi connectivity index (χ2n) is 7.84. The molecule has 1 N–H and O–H groups in total. The molecule has 2 atom stereocenters. The molecule has 4 rings (SSSR count). The van der Waals surface area contributed by atoms with Crippen LogP contribution >= 0.6 is 12.4 Å². The Morgan fingerprint density at radius 1 is 0.938 bits per heavy atom. The molecule has 0 aliphatic carbocycles. The van der Waals surface area contributed by atoms with Gasteiger partial charge in [0.15, 0.2) is 5.78 Å². The fourth-order valence-corrected chi connectivity index (χ4v) is 4.04. The van der Waals surface area contributed by atoms with E-state index in [4.69, 9.17) is 0 Å². The van der Waals surface area contributed by atoms with Crippen LogP contribution in [0.1, 0.15) is 21.5 Å². The number of carbonyl (C=O) groups is 2. The predicted octanol–water partition coefficient (Wildman–Crippen LogP) is 3.89. The molecule has 0 spiro atoms. The van der Waals surface area contributed by atoms with E-state index in [1.165, 1.54) is 24.3 Å². The number of ketones is 1. The molecule has 1 fully saturated rings. The van der Waals surface area contributed by atoms with Crippen molar-refractivity contribution in [3.63, 3.8) is 0 Å². The van der Waals surface area contributed by atoms with Crippen molar-refractivity contribution in [1.82, 2.24) is 15.2 Å². The van der Waals surface area contributed by atoms with Gasteiger partial charge in [-0.05, 0) is 41.5 Å². The van der Waals surface area contributed by atoms with Gasteiger partial charge in [-0.15, -0.1) is 12.4 Å². The minimum absolute atomic E-state index is 0. The number of halogens is 2. The molecule has 2 heterocycles. The number of rotatable bonds is 7. The summed E-state index contributed by atoms with van der Waals surface area (Å²) >= 11 is 0. The Morgan fingerprint density at radius 2 is 1.62 bits per heavy atom. The first-order chi connectivity index (χ1) is 15.1. The molecule has 1 amide bonds. The van der Waals surface area contributed by atoms with Gasteiger partial charge in [0.25, 0.3) is 0 Å². The number of benzene rings is 2. The highest BCUT2D eigenvalue weighted by Gasteiger charge is 2.41. The maximum absolute atomic E-state index is 13.3. The average molecular weight is 454 g/mol. The van der Waals surface area contributed by atoms with Gasteiger partial charge in [-0.3, -0.25) is 19.5 Å². The number of aromatic nitrogens is 1. The van der Waals surface area contributed by atoms with Crippen LogP contribution < -0.4 is 5.32 Å². The summed E-state index contributed by atoms with van der Waals surface area (Å²) in [6, 6.07) is 19.2. The minimum Gasteiger partial charge on any atom is -0.352 e. The first-order valence-corrected chi connectivity index (χ1v) is 10.3. The van der Waals surface area contributed by atoms with Crippen molar-refractivity contribution in [2.75, 3.05) is 13.1 Å². The van der Waals surface area contributed by atoms with Crippen LogP contribution in [0.15, 0.2) is 79.1 Å². The molecule has 1 aromatic heterocycles. The van der Waals surface area contributed by atoms with Gasteiger partial charge in [0.1, 0.15) is 5.82 Å². The molecular weight excluding hydrogens is 429 g/mol. The van der Waals surface area contributed by atoms with E-state index in [9.17, 15) is 14.0 Å². The van der Waals surface area contributed by atoms with E-state index in [0.717, 1.165) is 11.1 Å². The van der Waals surface area contributed by atoms with Crippen molar-refractivity contribution in [3.05, 3.63) is 102 Å². The lowest BCUT2D eigenvalue weighted by molar-refractivity contribution is -0.125. The zero-order valence-electron chi connectivity index (χ0n) is 17.5. The summed E-state index contributed by atoms with van der Waals surface area (Å²) in [5.41, 5.74) is 2.46. The van der Waals surface area contributed by atoms with Crippen LogP contribution in [0.5, 0.6) is 0 Å². The van der Waals surface area contributed by atoms with E-state index in [-0.39, 0.29) is 29.9 Å². The summed E-state index contributed by atoms with van der Waals surface area (Å²) in [5, 5.41) is 2.95. The Balaban J connectivity index is 0.00000289. The number of hydrogen-bond acceptors (Lipinski definition) is 4. The van der Waals surface area contributed by atoms with Crippen LogP contribution in [0.25, 0.3) is 0 Å². The van der Waals surface area contributed by atoms with E-state index < -0.39 is 11.8 Å². The van der Waals surface area contributed by atoms with Crippen molar-refractivity contribution in [2.24, 2.45) is 11.8 Å². The van der Waals surface area contributed by atoms with Crippen molar-refractivity contribution >= 4 is 24.1 Å². The van der Waals surface area contributed by atoms with E-state index >= 15 is 0 Å². The zero-order valence-corrected chi connectivity index (χ0v) is 18.3. The quantitative estimate of drug-likeness (QED) is 0.551. The van der Waals surface area contributed by atoms with Gasteiger partial charge < -0.3 is 5.32 Å². The normalized spacial score (nSPS) is 18.0. The third kappa shape index (κ3) is 5.78. The van der Waals surface area contributed by atoms with Gasteiger partial charge in [-0.1, -0.05) is 36.4 Å². The standard InChI is InChI=1S/C25H24FN3O2.ClH/c26-21-10-8-20(9-11-21)24(30)22-16-29(15-18-5-2-1-3-6-18)17-23(22)25(31)28-14-19-7-4-12-27-13-19;/h1-13,22-23H,14-17H2,(H,28,31);1H/t22-,23-;/m1./s1. The predicted molar refractivity (Wildman–Crippen MR) is 123 cm³/mol. The van der Waals surface area contributed by atoms with E-state index in [1.54, 1.807) is 12.4 Å². The third-order valence-electron chi connectivity index (χ3n) is 5.64. The van der Waals surface area contributed by atoms with E-state index in [2.05, 4.69) is 15.2 Å². The lowest BCUT2D eigenvalue weighted by Gasteiger charge is -2.17. The lowest BCUT2D eigenvalue weighted by atomic mass is 9.87. The molecule has 32 heavy (non-hydrogen) atoms. The number of nitrogens with one attached hydrogen (secondary N) is 1. The number of nitrogens with zero attached hydrogens (tertiary/aromatic N) is 2. The highest BCUT2D eigenvalue weighted by molar-refractivity contribution is 6.01. The molecule has 7 heteroatoms. The van der Waals surface area contributed by atoms with Gasteiger partial charge in [0.05, 0.1) is 5.92 Å². The van der Waals surface area contributed by atoms with Crippen molar-refractivity contribution < 1.29 is 14.0 Å². The Morgan fingerprint density at radius 3 is 2.31 bits per heavy atom. The van der Waals surface area contributed by atoms with Crippen molar-refractivity contribution in [3.8, 4) is 0 Å². The fraction of sp³-hybridized carbons (Fsp3) is 0.240. The van der Waals surface area contributed by atoms with Crippen LogP contribution in [0, 0.1) is 17.7 Å².